The quantitative estimate of drug-likeness (QED) is 0.0421. The zero-order valence-electron chi connectivity index (χ0n) is 39.9. The van der Waals surface area contributed by atoms with E-state index in [4.69, 9.17) is 33.2 Å². The first-order chi connectivity index (χ1) is 32.8. The van der Waals surface area contributed by atoms with Crippen molar-refractivity contribution in [3.8, 4) is 17.2 Å². The molecule has 5 aromatic rings. The standard InChI is InChI=1S/C58H68N2O7/c1-5-45-20-24-47(25-21-45)59(50-14-11-17-54(36-50)65-34-9-7-32-61-39-57(3)41-63-42-57)49-28-30-53(31-29-49)67-56-19-13-16-52(38-56)60(48-26-22-46(6-2)23-27-48)51-15-12-18-55(37-51)66-35-10-8-33-62-40-58(4)43-64-44-58/h8,10-28,30,36-38H,5-7,9,29,31-35,39-44H2,1-4H3/b10-8+. The van der Waals surface area contributed by atoms with Crippen LogP contribution in [0.1, 0.15) is 64.5 Å². The molecule has 0 atom stereocenters. The monoisotopic (exact) mass is 905 g/mol. The number of ether oxygens (including phenoxy) is 7. The van der Waals surface area contributed by atoms with Gasteiger partial charge in [-0.2, -0.15) is 0 Å². The Labute approximate surface area is 398 Å². The molecule has 67 heavy (non-hydrogen) atoms. The Morgan fingerprint density at radius 1 is 0.522 bits per heavy atom. The Balaban J connectivity index is 0.947. The fraction of sp³-hybridized carbons (Fsp3) is 0.379. The maximum atomic E-state index is 6.68. The van der Waals surface area contributed by atoms with Gasteiger partial charge >= 0.3 is 0 Å². The molecule has 5 aromatic carbocycles. The van der Waals surface area contributed by atoms with Crippen molar-refractivity contribution in [3.63, 3.8) is 0 Å². The highest BCUT2D eigenvalue weighted by atomic mass is 16.5. The van der Waals surface area contributed by atoms with Crippen LogP contribution < -0.4 is 24.0 Å². The molecule has 1 aliphatic carbocycles. The molecule has 0 amide bonds. The van der Waals surface area contributed by atoms with Gasteiger partial charge in [0.05, 0.1) is 52.9 Å². The molecular weight excluding hydrogens is 837 g/mol. The predicted octanol–water partition coefficient (Wildman–Crippen LogP) is 13.3. The number of rotatable bonds is 25. The van der Waals surface area contributed by atoms with Gasteiger partial charge in [0.1, 0.15) is 29.6 Å². The van der Waals surface area contributed by atoms with Gasteiger partial charge in [-0.15, -0.1) is 0 Å². The maximum Gasteiger partial charge on any atom is 0.129 e. The second kappa shape index (κ2) is 23.3. The summed E-state index contributed by atoms with van der Waals surface area (Å²) in [5.41, 5.74) is 9.31. The Morgan fingerprint density at radius 3 is 1.61 bits per heavy atom. The highest BCUT2D eigenvalue weighted by Crippen LogP contribution is 2.40. The molecule has 0 aromatic heterocycles. The number of allylic oxidation sites excluding steroid dienone is 4. The summed E-state index contributed by atoms with van der Waals surface area (Å²) in [5.74, 6) is 3.34. The molecule has 2 saturated heterocycles. The lowest BCUT2D eigenvalue weighted by Gasteiger charge is -2.37. The van der Waals surface area contributed by atoms with Crippen LogP contribution in [0.15, 0.2) is 157 Å². The van der Waals surface area contributed by atoms with E-state index in [1.165, 1.54) is 16.8 Å². The summed E-state index contributed by atoms with van der Waals surface area (Å²) >= 11 is 0. The van der Waals surface area contributed by atoms with Gasteiger partial charge < -0.3 is 43.0 Å². The van der Waals surface area contributed by atoms with Crippen molar-refractivity contribution in [3.05, 3.63) is 168 Å². The molecule has 0 saturated carbocycles. The van der Waals surface area contributed by atoms with Crippen LogP contribution in [0.3, 0.4) is 0 Å². The number of hydrogen-bond donors (Lipinski definition) is 0. The molecule has 0 radical (unpaired) electrons. The third-order valence-electron chi connectivity index (χ3n) is 12.4. The van der Waals surface area contributed by atoms with Crippen molar-refractivity contribution in [2.45, 2.75) is 66.2 Å². The summed E-state index contributed by atoms with van der Waals surface area (Å²) in [4.78, 5) is 4.60. The summed E-state index contributed by atoms with van der Waals surface area (Å²) in [5, 5.41) is 0. The summed E-state index contributed by atoms with van der Waals surface area (Å²) in [6.07, 6.45) is 13.7. The molecule has 0 N–H and O–H groups in total. The number of aryl methyl sites for hydroxylation is 2. The average molecular weight is 905 g/mol. The van der Waals surface area contributed by atoms with Crippen LogP contribution in [0, 0.1) is 10.8 Å². The van der Waals surface area contributed by atoms with Crippen molar-refractivity contribution in [2.24, 2.45) is 10.8 Å². The van der Waals surface area contributed by atoms with Crippen LogP contribution in [0.25, 0.3) is 0 Å². The summed E-state index contributed by atoms with van der Waals surface area (Å²) in [6, 6.07) is 42.7. The average Bonchev–Trinajstić information content (AvgIpc) is 3.34. The first kappa shape index (κ1) is 47.6. The SMILES string of the molecule is CCc1ccc(N(C2=CC=C(Oc3cccc(N(c4ccc(CC)cc4)c4cccc(OC/C=C/COCC5(C)COC5)c4)c3)CC2)c2cccc(OCCCCOCC3(C)COC3)c2)cc1. The molecule has 0 unspecified atom stereocenters. The number of unbranched alkanes of at least 4 members (excludes halogenated alkanes) is 1. The fourth-order valence-corrected chi connectivity index (χ4v) is 8.37. The predicted molar refractivity (Wildman–Crippen MR) is 270 cm³/mol. The lowest BCUT2D eigenvalue weighted by atomic mass is 9.90. The third kappa shape index (κ3) is 13.2. The summed E-state index contributed by atoms with van der Waals surface area (Å²) in [7, 11) is 0. The van der Waals surface area contributed by atoms with Crippen LogP contribution in [-0.2, 0) is 31.8 Å². The second-order valence-corrected chi connectivity index (χ2v) is 18.6. The minimum atomic E-state index is 0.143. The Kier molecular flexibility index (Phi) is 16.5. The Bertz CT molecular complexity index is 2430. The van der Waals surface area contributed by atoms with Crippen LogP contribution in [0.4, 0.5) is 28.4 Å². The van der Waals surface area contributed by atoms with Crippen molar-refractivity contribution >= 4 is 28.4 Å². The number of hydrogen-bond acceptors (Lipinski definition) is 9. The molecule has 2 heterocycles. The Morgan fingerprint density at radius 2 is 1.04 bits per heavy atom. The van der Waals surface area contributed by atoms with Gasteiger partial charge in [-0.05, 0) is 122 Å². The van der Waals surface area contributed by atoms with E-state index in [9.17, 15) is 0 Å². The topological polar surface area (TPSA) is 71.1 Å². The normalized spacial score (nSPS) is 16.1. The summed E-state index contributed by atoms with van der Waals surface area (Å²) < 4.78 is 41.6. The van der Waals surface area contributed by atoms with Gasteiger partial charge in [0.2, 0.25) is 0 Å². The lowest BCUT2D eigenvalue weighted by Crippen LogP contribution is -2.43. The Hall–Kier alpha value is -5.84. The van der Waals surface area contributed by atoms with Crippen LogP contribution in [0.5, 0.6) is 17.2 Å². The van der Waals surface area contributed by atoms with Crippen molar-refractivity contribution in [1.82, 2.24) is 0 Å². The fourth-order valence-electron chi connectivity index (χ4n) is 8.37. The molecule has 9 nitrogen and oxygen atoms in total. The van der Waals surface area contributed by atoms with E-state index in [2.05, 4.69) is 147 Å². The third-order valence-corrected chi connectivity index (χ3v) is 12.4. The van der Waals surface area contributed by atoms with Gasteiger partial charge in [-0.1, -0.05) is 76.2 Å². The minimum absolute atomic E-state index is 0.143. The molecule has 2 fully saturated rings. The van der Waals surface area contributed by atoms with Crippen LogP contribution in [-0.4, -0.2) is 66.1 Å². The molecule has 0 spiro atoms. The van der Waals surface area contributed by atoms with Gasteiger partial charge in [-0.25, -0.2) is 0 Å². The number of anilines is 5. The minimum Gasteiger partial charge on any atom is -0.494 e. The van der Waals surface area contributed by atoms with E-state index in [0.717, 1.165) is 130 Å². The molecule has 9 heteroatoms. The van der Waals surface area contributed by atoms with E-state index >= 15 is 0 Å². The largest absolute Gasteiger partial charge is 0.494 e. The summed E-state index contributed by atoms with van der Waals surface area (Å²) in [6.45, 7) is 15.7. The van der Waals surface area contributed by atoms with E-state index in [1.807, 2.05) is 36.4 Å². The van der Waals surface area contributed by atoms with Crippen LogP contribution in [0.2, 0.25) is 0 Å². The zero-order chi connectivity index (χ0) is 46.3. The molecule has 2 aliphatic heterocycles. The van der Waals surface area contributed by atoms with Gasteiger partial charge in [0, 0.05) is 76.2 Å². The van der Waals surface area contributed by atoms with Crippen molar-refractivity contribution in [1.29, 1.82) is 0 Å². The van der Waals surface area contributed by atoms with Gasteiger partial charge in [0.25, 0.3) is 0 Å². The molecule has 3 aliphatic rings. The molecule has 352 valence electrons. The second-order valence-electron chi connectivity index (χ2n) is 18.6. The number of nitrogens with zero attached hydrogens (tertiary/aromatic N) is 2. The molecular formula is C58H68N2O7. The highest BCUT2D eigenvalue weighted by molar-refractivity contribution is 5.78. The first-order valence-corrected chi connectivity index (χ1v) is 24.2. The van der Waals surface area contributed by atoms with Gasteiger partial charge in [0.15, 0.2) is 0 Å². The smallest absolute Gasteiger partial charge is 0.129 e. The van der Waals surface area contributed by atoms with E-state index < -0.39 is 0 Å². The van der Waals surface area contributed by atoms with Gasteiger partial charge in [-0.3, -0.25) is 0 Å². The maximum absolute atomic E-state index is 6.68. The molecule has 8 rings (SSSR count). The van der Waals surface area contributed by atoms with Crippen molar-refractivity contribution < 1.29 is 33.2 Å². The zero-order valence-corrected chi connectivity index (χ0v) is 39.9. The highest BCUT2D eigenvalue weighted by Gasteiger charge is 2.34. The van der Waals surface area contributed by atoms with E-state index in [1.54, 1.807) is 0 Å². The van der Waals surface area contributed by atoms with Crippen molar-refractivity contribution in [2.75, 3.05) is 75.9 Å². The number of benzene rings is 5. The molecule has 0 bridgehead atoms. The van der Waals surface area contributed by atoms with E-state index in [0.29, 0.717) is 26.4 Å². The lowest BCUT2D eigenvalue weighted by molar-refractivity contribution is -0.138. The first-order valence-electron chi connectivity index (χ1n) is 24.2. The van der Waals surface area contributed by atoms with E-state index in [-0.39, 0.29) is 10.8 Å². The van der Waals surface area contributed by atoms with Crippen LogP contribution >= 0.6 is 0 Å².